The molecule has 0 saturated heterocycles. The van der Waals surface area contributed by atoms with Crippen molar-refractivity contribution < 1.29 is 4.79 Å². The summed E-state index contributed by atoms with van der Waals surface area (Å²) in [5, 5.41) is 0.546. The molecule has 0 unspecified atom stereocenters. The van der Waals surface area contributed by atoms with E-state index in [0.717, 1.165) is 0 Å². The van der Waals surface area contributed by atoms with E-state index in [0.29, 0.717) is 38.9 Å². The highest BCUT2D eigenvalue weighted by molar-refractivity contribution is 6.33. The number of anilines is 4. The fourth-order valence-electron chi connectivity index (χ4n) is 2.09. The van der Waals surface area contributed by atoms with Crippen LogP contribution in [0.15, 0.2) is 66.7 Å². The molecule has 0 saturated carbocycles. The molecule has 0 aromatic heterocycles. The van der Waals surface area contributed by atoms with Gasteiger partial charge in [0, 0.05) is 16.8 Å². The average molecular weight is 355 g/mol. The Morgan fingerprint density at radius 2 is 1.44 bits per heavy atom. The largest absolute Gasteiger partial charge is 0.399 e. The minimum absolute atomic E-state index is 0.106. The van der Waals surface area contributed by atoms with E-state index in [1.165, 1.54) is 0 Å². The number of halogens is 1. The number of nitrogen functional groups attached to an aromatic ring is 4. The minimum Gasteiger partial charge on any atom is -0.399 e. The van der Waals surface area contributed by atoms with Crippen LogP contribution in [0.2, 0.25) is 5.02 Å². The SMILES string of the molecule is Nc1ccc(Cl)c(N)c1.Nc1cccc(C(=O)c2ccccc2)c1N. The van der Waals surface area contributed by atoms with Crippen molar-refractivity contribution in [2.75, 3.05) is 22.9 Å². The van der Waals surface area contributed by atoms with Crippen LogP contribution in [0, 0.1) is 0 Å². The lowest BCUT2D eigenvalue weighted by Gasteiger charge is -2.06. The van der Waals surface area contributed by atoms with Gasteiger partial charge >= 0.3 is 0 Å². The summed E-state index contributed by atoms with van der Waals surface area (Å²) >= 11 is 5.60. The molecule has 0 spiro atoms. The molecule has 25 heavy (non-hydrogen) atoms. The molecule has 0 aliphatic carbocycles. The Labute approximate surface area is 151 Å². The Morgan fingerprint density at radius 1 is 0.760 bits per heavy atom. The van der Waals surface area contributed by atoms with E-state index in [-0.39, 0.29) is 5.78 Å². The second-order valence-electron chi connectivity index (χ2n) is 5.28. The maximum Gasteiger partial charge on any atom is 0.195 e. The van der Waals surface area contributed by atoms with Gasteiger partial charge in [-0.05, 0) is 30.3 Å². The smallest absolute Gasteiger partial charge is 0.195 e. The van der Waals surface area contributed by atoms with Crippen molar-refractivity contribution in [3.63, 3.8) is 0 Å². The monoisotopic (exact) mass is 354 g/mol. The first-order chi connectivity index (χ1) is 11.9. The van der Waals surface area contributed by atoms with E-state index in [2.05, 4.69) is 0 Å². The van der Waals surface area contributed by atoms with Crippen LogP contribution in [0.4, 0.5) is 22.7 Å². The van der Waals surface area contributed by atoms with Gasteiger partial charge in [-0.2, -0.15) is 0 Å². The van der Waals surface area contributed by atoms with Crippen molar-refractivity contribution in [3.8, 4) is 0 Å². The Bertz CT molecular complexity index is 882. The van der Waals surface area contributed by atoms with Gasteiger partial charge in [0.25, 0.3) is 0 Å². The normalized spacial score (nSPS) is 9.80. The standard InChI is InChI=1S/C13H12N2O.C6H7ClN2/c14-11-8-4-7-10(12(11)15)13(16)9-5-2-1-3-6-9;7-5-2-1-4(8)3-6(5)9/h1-8H,14-15H2;1-3H,8-9H2. The lowest BCUT2D eigenvalue weighted by atomic mass is 10.0. The molecular weight excluding hydrogens is 336 g/mol. The Morgan fingerprint density at radius 3 is 2.04 bits per heavy atom. The molecule has 3 aromatic carbocycles. The van der Waals surface area contributed by atoms with E-state index in [1.54, 1.807) is 48.5 Å². The third-order valence-electron chi connectivity index (χ3n) is 3.44. The highest BCUT2D eigenvalue weighted by atomic mass is 35.5. The van der Waals surface area contributed by atoms with Crippen molar-refractivity contribution in [1.29, 1.82) is 0 Å². The van der Waals surface area contributed by atoms with Crippen molar-refractivity contribution in [2.24, 2.45) is 0 Å². The van der Waals surface area contributed by atoms with E-state index >= 15 is 0 Å². The Kier molecular flexibility index (Phi) is 5.87. The summed E-state index contributed by atoms with van der Waals surface area (Å²) in [5.41, 5.74) is 25.2. The average Bonchev–Trinajstić information content (AvgIpc) is 2.61. The van der Waals surface area contributed by atoms with Gasteiger partial charge in [-0.15, -0.1) is 0 Å². The molecule has 8 N–H and O–H groups in total. The second kappa shape index (κ2) is 8.08. The third-order valence-corrected chi connectivity index (χ3v) is 3.78. The van der Waals surface area contributed by atoms with Crippen LogP contribution >= 0.6 is 11.6 Å². The van der Waals surface area contributed by atoms with Crippen molar-refractivity contribution in [2.45, 2.75) is 0 Å². The molecule has 0 heterocycles. The van der Waals surface area contributed by atoms with Gasteiger partial charge < -0.3 is 22.9 Å². The van der Waals surface area contributed by atoms with Crippen LogP contribution in [-0.4, -0.2) is 5.78 Å². The van der Waals surface area contributed by atoms with Crippen molar-refractivity contribution in [3.05, 3.63) is 82.9 Å². The number of rotatable bonds is 2. The third kappa shape index (κ3) is 4.65. The fourth-order valence-corrected chi connectivity index (χ4v) is 2.21. The van der Waals surface area contributed by atoms with E-state index in [9.17, 15) is 4.79 Å². The molecule has 0 aliphatic heterocycles. The zero-order chi connectivity index (χ0) is 18.4. The first kappa shape index (κ1) is 18.2. The molecule has 0 atom stereocenters. The van der Waals surface area contributed by atoms with Crippen molar-refractivity contribution >= 4 is 40.1 Å². The molecule has 0 fully saturated rings. The molecule has 3 rings (SSSR count). The number of ketones is 1. The van der Waals surface area contributed by atoms with E-state index < -0.39 is 0 Å². The quantitative estimate of drug-likeness (QED) is 0.414. The van der Waals surface area contributed by atoms with Gasteiger partial charge in [0.05, 0.1) is 22.1 Å². The minimum atomic E-state index is -0.106. The maximum atomic E-state index is 12.1. The number of carbonyl (C=O) groups is 1. The number of para-hydroxylation sites is 1. The number of hydrogen-bond donors (Lipinski definition) is 4. The number of carbonyl (C=O) groups excluding carboxylic acids is 1. The summed E-state index contributed by atoms with van der Waals surface area (Å²) in [6, 6.07) is 19.1. The molecule has 128 valence electrons. The van der Waals surface area contributed by atoms with Gasteiger partial charge in [-0.25, -0.2) is 0 Å². The zero-order valence-corrected chi connectivity index (χ0v) is 14.2. The molecule has 0 aliphatic rings. The van der Waals surface area contributed by atoms with Gasteiger partial charge in [0.15, 0.2) is 5.78 Å². The van der Waals surface area contributed by atoms with Gasteiger partial charge in [-0.3, -0.25) is 4.79 Å². The van der Waals surface area contributed by atoms with Crippen LogP contribution in [0.1, 0.15) is 15.9 Å². The number of nitrogens with two attached hydrogens (primary N) is 4. The fraction of sp³-hybridized carbons (Fsp3) is 0. The molecule has 0 amide bonds. The summed E-state index contributed by atoms with van der Waals surface area (Å²) in [7, 11) is 0. The highest BCUT2D eigenvalue weighted by Crippen LogP contribution is 2.22. The Balaban J connectivity index is 0.000000212. The summed E-state index contributed by atoms with van der Waals surface area (Å²) in [4.78, 5) is 12.1. The van der Waals surface area contributed by atoms with Gasteiger partial charge in [0.1, 0.15) is 0 Å². The molecule has 0 bridgehead atoms. The van der Waals surface area contributed by atoms with Crippen LogP contribution in [0.5, 0.6) is 0 Å². The summed E-state index contributed by atoms with van der Waals surface area (Å²) in [6.07, 6.45) is 0. The zero-order valence-electron chi connectivity index (χ0n) is 13.4. The number of hydrogen-bond acceptors (Lipinski definition) is 5. The van der Waals surface area contributed by atoms with Gasteiger partial charge in [-0.1, -0.05) is 48.0 Å². The highest BCUT2D eigenvalue weighted by Gasteiger charge is 2.12. The van der Waals surface area contributed by atoms with E-state index in [1.807, 2.05) is 18.2 Å². The summed E-state index contributed by atoms with van der Waals surface area (Å²) in [5.74, 6) is -0.106. The Hall–Kier alpha value is -3.18. The first-order valence-corrected chi connectivity index (χ1v) is 7.82. The molecule has 6 heteroatoms. The number of benzene rings is 3. The predicted molar refractivity (Wildman–Crippen MR) is 105 cm³/mol. The molecule has 3 aromatic rings. The van der Waals surface area contributed by atoms with Crippen LogP contribution < -0.4 is 22.9 Å². The molecular formula is C19H19ClN4O. The lowest BCUT2D eigenvalue weighted by Crippen LogP contribution is -2.07. The van der Waals surface area contributed by atoms with Gasteiger partial charge in [0.2, 0.25) is 0 Å². The lowest BCUT2D eigenvalue weighted by molar-refractivity contribution is 0.103. The molecule has 5 nitrogen and oxygen atoms in total. The predicted octanol–water partition coefficient (Wildman–Crippen LogP) is 3.59. The molecule has 0 radical (unpaired) electrons. The van der Waals surface area contributed by atoms with Crippen LogP contribution in [0.3, 0.4) is 0 Å². The van der Waals surface area contributed by atoms with E-state index in [4.69, 9.17) is 34.5 Å². The maximum absolute atomic E-state index is 12.1. The summed E-state index contributed by atoms with van der Waals surface area (Å²) in [6.45, 7) is 0. The summed E-state index contributed by atoms with van der Waals surface area (Å²) < 4.78 is 0. The van der Waals surface area contributed by atoms with Crippen molar-refractivity contribution in [1.82, 2.24) is 0 Å². The van der Waals surface area contributed by atoms with Crippen LogP contribution in [-0.2, 0) is 0 Å². The second-order valence-corrected chi connectivity index (χ2v) is 5.69. The first-order valence-electron chi connectivity index (χ1n) is 7.44. The van der Waals surface area contributed by atoms with Crippen LogP contribution in [0.25, 0.3) is 0 Å². The topological polar surface area (TPSA) is 121 Å².